The SMILES string of the molecule is CC1Cc2ccccc2N1C(=O)C1CCOc2ccccc21. The highest BCUT2D eigenvalue weighted by Crippen LogP contribution is 2.39. The van der Waals surface area contributed by atoms with Crippen molar-refractivity contribution in [3.8, 4) is 5.75 Å². The van der Waals surface area contributed by atoms with Crippen molar-refractivity contribution in [3.05, 3.63) is 59.7 Å². The van der Waals surface area contributed by atoms with Gasteiger partial charge in [0.15, 0.2) is 0 Å². The topological polar surface area (TPSA) is 29.5 Å². The van der Waals surface area contributed by atoms with Crippen molar-refractivity contribution in [1.82, 2.24) is 0 Å². The van der Waals surface area contributed by atoms with Gasteiger partial charge in [0, 0.05) is 17.3 Å². The lowest BCUT2D eigenvalue weighted by Crippen LogP contribution is -2.40. The van der Waals surface area contributed by atoms with Gasteiger partial charge in [0.1, 0.15) is 5.75 Å². The fourth-order valence-electron chi connectivity index (χ4n) is 3.67. The van der Waals surface area contributed by atoms with Gasteiger partial charge in [0.05, 0.1) is 12.5 Å². The van der Waals surface area contributed by atoms with Crippen LogP contribution < -0.4 is 9.64 Å². The van der Waals surface area contributed by atoms with E-state index in [1.807, 2.05) is 41.3 Å². The van der Waals surface area contributed by atoms with E-state index in [4.69, 9.17) is 4.74 Å². The molecule has 0 aliphatic carbocycles. The Morgan fingerprint density at radius 2 is 1.91 bits per heavy atom. The fraction of sp³-hybridized carbons (Fsp3) is 0.316. The lowest BCUT2D eigenvalue weighted by atomic mass is 9.91. The molecule has 2 aliphatic rings. The molecule has 0 fully saturated rings. The largest absolute Gasteiger partial charge is 0.493 e. The normalized spacial score (nSPS) is 22.7. The average Bonchev–Trinajstić information content (AvgIpc) is 2.89. The third-order valence-electron chi connectivity index (χ3n) is 4.70. The number of rotatable bonds is 1. The zero-order valence-electron chi connectivity index (χ0n) is 12.7. The number of carbonyl (C=O) groups is 1. The maximum absolute atomic E-state index is 13.2. The van der Waals surface area contributed by atoms with Gasteiger partial charge in [-0.25, -0.2) is 0 Å². The fourth-order valence-corrected chi connectivity index (χ4v) is 3.67. The third kappa shape index (κ3) is 2.00. The maximum atomic E-state index is 13.2. The van der Waals surface area contributed by atoms with Crippen LogP contribution in [0.3, 0.4) is 0 Å². The summed E-state index contributed by atoms with van der Waals surface area (Å²) >= 11 is 0. The first kappa shape index (κ1) is 13.4. The smallest absolute Gasteiger partial charge is 0.235 e. The Hall–Kier alpha value is -2.29. The van der Waals surface area contributed by atoms with E-state index in [1.165, 1.54) is 5.56 Å². The van der Waals surface area contributed by atoms with Crippen LogP contribution in [-0.4, -0.2) is 18.6 Å². The first-order chi connectivity index (χ1) is 10.8. The quantitative estimate of drug-likeness (QED) is 0.805. The standard InChI is InChI=1S/C19H19NO2/c1-13-12-14-6-2-4-8-17(14)20(13)19(21)16-10-11-22-18-9-5-3-7-15(16)18/h2-9,13,16H,10-12H2,1H3. The molecule has 2 aromatic rings. The molecule has 2 heterocycles. The molecule has 0 radical (unpaired) electrons. The summed E-state index contributed by atoms with van der Waals surface area (Å²) < 4.78 is 5.69. The molecular formula is C19H19NO2. The molecule has 2 unspecified atom stereocenters. The minimum Gasteiger partial charge on any atom is -0.493 e. The summed E-state index contributed by atoms with van der Waals surface area (Å²) in [6, 6.07) is 16.4. The third-order valence-corrected chi connectivity index (χ3v) is 4.70. The molecule has 22 heavy (non-hydrogen) atoms. The van der Waals surface area contributed by atoms with Crippen LogP contribution in [0.4, 0.5) is 5.69 Å². The van der Waals surface area contributed by atoms with E-state index in [0.717, 1.165) is 29.8 Å². The van der Waals surface area contributed by atoms with Gasteiger partial charge in [-0.2, -0.15) is 0 Å². The molecule has 3 nitrogen and oxygen atoms in total. The molecule has 2 atom stereocenters. The Morgan fingerprint density at radius 1 is 1.14 bits per heavy atom. The van der Waals surface area contributed by atoms with E-state index in [-0.39, 0.29) is 17.9 Å². The molecule has 0 bridgehead atoms. The minimum atomic E-state index is -0.0986. The highest BCUT2D eigenvalue weighted by molar-refractivity contribution is 6.00. The predicted molar refractivity (Wildman–Crippen MR) is 86.4 cm³/mol. The van der Waals surface area contributed by atoms with Crippen molar-refractivity contribution in [3.63, 3.8) is 0 Å². The summed E-state index contributed by atoms with van der Waals surface area (Å²) in [6.45, 7) is 2.74. The van der Waals surface area contributed by atoms with Gasteiger partial charge >= 0.3 is 0 Å². The maximum Gasteiger partial charge on any atom is 0.235 e. The van der Waals surface area contributed by atoms with Gasteiger partial charge < -0.3 is 9.64 Å². The molecule has 4 rings (SSSR count). The molecule has 2 aromatic carbocycles. The number of ether oxygens (including phenoxy) is 1. The summed E-state index contributed by atoms with van der Waals surface area (Å²) in [5.41, 5.74) is 3.36. The summed E-state index contributed by atoms with van der Waals surface area (Å²) in [6.07, 6.45) is 1.69. The van der Waals surface area contributed by atoms with Gasteiger partial charge in [0.25, 0.3) is 0 Å². The number of fused-ring (bicyclic) bond motifs is 2. The highest BCUT2D eigenvalue weighted by Gasteiger charge is 2.37. The van der Waals surface area contributed by atoms with E-state index < -0.39 is 0 Å². The van der Waals surface area contributed by atoms with Crippen LogP contribution in [0.25, 0.3) is 0 Å². The molecule has 3 heteroatoms. The van der Waals surface area contributed by atoms with Crippen LogP contribution in [0.5, 0.6) is 5.75 Å². The Kier molecular flexibility index (Phi) is 3.14. The van der Waals surface area contributed by atoms with Crippen LogP contribution >= 0.6 is 0 Å². The summed E-state index contributed by atoms with van der Waals surface area (Å²) in [4.78, 5) is 15.2. The van der Waals surface area contributed by atoms with Gasteiger partial charge in [0.2, 0.25) is 5.91 Å². The number of hydrogen-bond acceptors (Lipinski definition) is 2. The number of nitrogens with zero attached hydrogens (tertiary/aromatic N) is 1. The van der Waals surface area contributed by atoms with E-state index in [0.29, 0.717) is 6.61 Å². The molecule has 1 amide bonds. The Morgan fingerprint density at radius 3 is 2.82 bits per heavy atom. The van der Waals surface area contributed by atoms with Crippen molar-refractivity contribution in [2.24, 2.45) is 0 Å². The van der Waals surface area contributed by atoms with Crippen molar-refractivity contribution in [1.29, 1.82) is 0 Å². The van der Waals surface area contributed by atoms with E-state index >= 15 is 0 Å². The average molecular weight is 293 g/mol. The number of anilines is 1. The molecular weight excluding hydrogens is 274 g/mol. The molecule has 2 aliphatic heterocycles. The molecule has 0 aromatic heterocycles. The van der Waals surface area contributed by atoms with Crippen LogP contribution in [0, 0.1) is 0 Å². The van der Waals surface area contributed by atoms with Gasteiger partial charge in [-0.05, 0) is 37.5 Å². The molecule has 112 valence electrons. The van der Waals surface area contributed by atoms with Gasteiger partial charge in [-0.1, -0.05) is 36.4 Å². The molecule has 0 saturated carbocycles. The van der Waals surface area contributed by atoms with Gasteiger partial charge in [-0.15, -0.1) is 0 Å². The number of para-hydroxylation sites is 2. The lowest BCUT2D eigenvalue weighted by molar-refractivity contribution is -0.121. The highest BCUT2D eigenvalue weighted by atomic mass is 16.5. The second kappa shape index (κ2) is 5.16. The molecule has 0 spiro atoms. The zero-order valence-corrected chi connectivity index (χ0v) is 12.7. The summed E-state index contributed by atoms with van der Waals surface area (Å²) in [5, 5.41) is 0. The minimum absolute atomic E-state index is 0.0986. The van der Waals surface area contributed by atoms with E-state index in [2.05, 4.69) is 19.1 Å². The van der Waals surface area contributed by atoms with Crippen LogP contribution in [-0.2, 0) is 11.2 Å². The second-order valence-electron chi connectivity index (χ2n) is 6.12. The van der Waals surface area contributed by atoms with Crippen LogP contribution in [0.2, 0.25) is 0 Å². The zero-order chi connectivity index (χ0) is 15.1. The number of benzene rings is 2. The predicted octanol–water partition coefficient (Wildman–Crippen LogP) is 3.53. The van der Waals surface area contributed by atoms with Crippen LogP contribution in [0.15, 0.2) is 48.5 Å². The van der Waals surface area contributed by atoms with Gasteiger partial charge in [-0.3, -0.25) is 4.79 Å². The van der Waals surface area contributed by atoms with Crippen LogP contribution in [0.1, 0.15) is 30.4 Å². The van der Waals surface area contributed by atoms with E-state index in [9.17, 15) is 4.79 Å². The Bertz CT molecular complexity index is 725. The second-order valence-corrected chi connectivity index (χ2v) is 6.12. The van der Waals surface area contributed by atoms with Crippen molar-refractivity contribution < 1.29 is 9.53 Å². The molecule has 0 saturated heterocycles. The Balaban J connectivity index is 1.72. The first-order valence-electron chi connectivity index (χ1n) is 7.88. The van der Waals surface area contributed by atoms with Crippen molar-refractivity contribution >= 4 is 11.6 Å². The lowest BCUT2D eigenvalue weighted by Gasteiger charge is -2.31. The van der Waals surface area contributed by atoms with Crippen molar-refractivity contribution in [2.45, 2.75) is 31.7 Å². The number of amides is 1. The monoisotopic (exact) mass is 293 g/mol. The molecule has 0 N–H and O–H groups in total. The van der Waals surface area contributed by atoms with E-state index in [1.54, 1.807) is 0 Å². The first-order valence-corrected chi connectivity index (χ1v) is 7.88. The van der Waals surface area contributed by atoms with Crippen molar-refractivity contribution in [2.75, 3.05) is 11.5 Å². The number of hydrogen-bond donors (Lipinski definition) is 0. The Labute approximate surface area is 130 Å². The summed E-state index contributed by atoms with van der Waals surface area (Å²) in [5.74, 6) is 0.957. The number of carbonyl (C=O) groups excluding carboxylic acids is 1. The summed E-state index contributed by atoms with van der Waals surface area (Å²) in [7, 11) is 0.